The molecule has 0 nitrogen and oxygen atoms in total. The molecule has 0 aromatic heterocycles. The first kappa shape index (κ1) is 21.4. The molecule has 0 fully saturated rings. The van der Waals surface area contributed by atoms with Gasteiger partial charge >= 0.3 is 30.2 Å². The fourth-order valence-corrected chi connectivity index (χ4v) is 1.08. The van der Waals surface area contributed by atoms with Gasteiger partial charge in [0.2, 0.25) is 0 Å². The summed E-state index contributed by atoms with van der Waals surface area (Å²) in [6.45, 7) is 6.15. The molecular weight excluding hydrogens is 287 g/mol. The Morgan fingerprint density at radius 1 is 1.38 bits per heavy atom. The Morgan fingerprint density at radius 3 is 2.12 bits per heavy atom. The fraction of sp³-hybridized carbons (Fsp3) is 0.286. The zero-order valence-corrected chi connectivity index (χ0v) is 14.8. The van der Waals surface area contributed by atoms with Crippen molar-refractivity contribution in [3.63, 3.8) is 0 Å². The van der Waals surface area contributed by atoms with E-state index in [0.717, 1.165) is 6.42 Å². The van der Waals surface area contributed by atoms with Crippen LogP contribution in [0.25, 0.3) is 0 Å². The molecule has 90 valence electrons. The van der Waals surface area contributed by atoms with Gasteiger partial charge in [0.15, 0.2) is 0 Å². The third-order valence-electron chi connectivity index (χ3n) is 1.68. The molecule has 0 aromatic rings. The van der Waals surface area contributed by atoms with Crippen molar-refractivity contribution in [2.24, 2.45) is 5.92 Å². The molecule has 0 heterocycles. The Morgan fingerprint density at radius 2 is 2.00 bits per heavy atom. The van der Waals surface area contributed by atoms with Gasteiger partial charge in [0, 0.05) is 0 Å². The maximum atomic E-state index is 3.22. The van der Waals surface area contributed by atoms with Gasteiger partial charge in [0.25, 0.3) is 0 Å². The molecule has 0 bridgehead atoms. The fourth-order valence-electron chi connectivity index (χ4n) is 1.08. The molecule has 2 aliphatic carbocycles. The topological polar surface area (TPSA) is 0 Å². The minimum absolute atomic E-state index is 0. The van der Waals surface area contributed by atoms with Crippen LogP contribution in [0.5, 0.6) is 0 Å². The summed E-state index contributed by atoms with van der Waals surface area (Å²) in [5, 5.41) is 0. The van der Waals surface area contributed by atoms with Crippen molar-refractivity contribution in [2.75, 3.05) is 0 Å². The molecule has 0 amide bonds. The van der Waals surface area contributed by atoms with E-state index in [9.17, 15) is 0 Å². The summed E-state index contributed by atoms with van der Waals surface area (Å²) in [7, 11) is 0. The van der Waals surface area contributed by atoms with Gasteiger partial charge < -0.3 is 14.9 Å². The van der Waals surface area contributed by atoms with Crippen molar-refractivity contribution < 1.29 is 23.3 Å². The number of allylic oxidation sites excluding steroid dienone is 8. The third kappa shape index (κ3) is 12.1. The second-order valence-electron chi connectivity index (χ2n) is 2.98. The normalized spacial score (nSPS) is 18.1. The van der Waals surface area contributed by atoms with Crippen molar-refractivity contribution in [3.8, 4) is 0 Å². The van der Waals surface area contributed by atoms with Crippen LogP contribution < -0.4 is 0 Å². The van der Waals surface area contributed by atoms with E-state index in [1.807, 2.05) is 19.0 Å². The van der Waals surface area contributed by atoms with Crippen LogP contribution >= 0.6 is 0 Å². The van der Waals surface area contributed by atoms with Gasteiger partial charge in [0.05, 0.1) is 0 Å². The minimum atomic E-state index is 0. The zero-order chi connectivity index (χ0) is 10.8. The van der Waals surface area contributed by atoms with Crippen molar-refractivity contribution in [1.29, 1.82) is 0 Å². The van der Waals surface area contributed by atoms with Gasteiger partial charge in [-0.15, -0.1) is 6.42 Å². The van der Waals surface area contributed by atoms with Crippen LogP contribution in [0.4, 0.5) is 0 Å². The summed E-state index contributed by atoms with van der Waals surface area (Å²) < 4.78 is 0. The average Bonchev–Trinajstić information content (AvgIpc) is 2.84. The van der Waals surface area contributed by atoms with E-state index in [0.29, 0.717) is 5.92 Å². The molecular formula is C14H22SiZr-4. The first-order valence-corrected chi connectivity index (χ1v) is 10.6. The van der Waals surface area contributed by atoms with Crippen LogP contribution in [0, 0.1) is 32.9 Å². The zero-order valence-electron chi connectivity index (χ0n) is 10.9. The standard InChI is InChI=1S/C7H9.C5H5.2CH3.H2Si.Zr/c1-6-3-4-7(2)5-6;1-2-4-5-3-1;;;;/h3-4,6H,1-2H3;1-3H,4H2;2*1H3;1H2;/q4*-1;;. The van der Waals surface area contributed by atoms with E-state index in [2.05, 4.69) is 44.2 Å². The van der Waals surface area contributed by atoms with E-state index in [1.165, 1.54) is 5.57 Å². The van der Waals surface area contributed by atoms with Crippen LogP contribution in [0.15, 0.2) is 36.0 Å². The SMILES string of the molecule is CC1=[C-]C(C)C=C1.[C-]1=CC=CC1.[CH3-].[CH3-].[SiH2]=[Zr]. The van der Waals surface area contributed by atoms with E-state index < -0.39 is 0 Å². The van der Waals surface area contributed by atoms with Gasteiger partial charge in [-0.3, -0.25) is 12.2 Å². The number of hydrogen-bond donors (Lipinski definition) is 0. The second kappa shape index (κ2) is 15.1. The second-order valence-corrected chi connectivity index (χ2v) is 2.98. The quantitative estimate of drug-likeness (QED) is 0.476. The Hall–Kier alpha value is 0.0600. The monoisotopic (exact) mass is 308 g/mol. The van der Waals surface area contributed by atoms with Gasteiger partial charge in [-0.1, -0.05) is 19.8 Å². The van der Waals surface area contributed by atoms with E-state index in [-0.39, 0.29) is 14.9 Å². The molecule has 0 aromatic carbocycles. The number of rotatable bonds is 0. The molecule has 1 atom stereocenters. The predicted octanol–water partition coefficient (Wildman–Crippen LogP) is 3.23. The molecule has 1 unspecified atom stereocenters. The molecule has 2 rings (SSSR count). The maximum absolute atomic E-state index is 3.22. The van der Waals surface area contributed by atoms with Crippen LogP contribution in [0.3, 0.4) is 0 Å². The number of hydrogen-bond acceptors (Lipinski definition) is 0. The molecule has 0 saturated heterocycles. The molecule has 0 spiro atoms. The van der Waals surface area contributed by atoms with Crippen molar-refractivity contribution >= 4 is 6.88 Å². The first-order chi connectivity index (χ1) is 6.79. The summed E-state index contributed by atoms with van der Waals surface area (Å²) in [6, 6.07) is 0. The molecule has 2 heteroatoms. The summed E-state index contributed by atoms with van der Waals surface area (Å²) in [4.78, 5) is 0. The van der Waals surface area contributed by atoms with Gasteiger partial charge in [-0.25, -0.2) is 23.8 Å². The molecule has 0 aliphatic heterocycles. The van der Waals surface area contributed by atoms with Crippen LogP contribution in [0.1, 0.15) is 20.3 Å². The Balaban J connectivity index is -0.000000169. The third-order valence-corrected chi connectivity index (χ3v) is 1.68. The first-order valence-electron chi connectivity index (χ1n) is 4.64. The molecule has 16 heavy (non-hydrogen) atoms. The van der Waals surface area contributed by atoms with Crippen LogP contribution in [-0.4, -0.2) is 6.88 Å². The Labute approximate surface area is 119 Å². The van der Waals surface area contributed by atoms with Crippen molar-refractivity contribution in [3.05, 3.63) is 63.0 Å². The summed E-state index contributed by atoms with van der Waals surface area (Å²) in [5.74, 6) is 0.556. The molecule has 0 saturated carbocycles. The molecule has 2 aliphatic rings. The van der Waals surface area contributed by atoms with Crippen LogP contribution in [-0.2, 0) is 23.3 Å². The summed E-state index contributed by atoms with van der Waals surface area (Å²) >= 11 is 1.58. The molecule has 0 radical (unpaired) electrons. The summed E-state index contributed by atoms with van der Waals surface area (Å²) in [6.07, 6.45) is 17.5. The Bertz CT molecular complexity index is 252. The average molecular weight is 310 g/mol. The van der Waals surface area contributed by atoms with Gasteiger partial charge in [-0.05, 0) is 0 Å². The van der Waals surface area contributed by atoms with Crippen LogP contribution in [0.2, 0.25) is 0 Å². The van der Waals surface area contributed by atoms with Gasteiger partial charge in [-0.2, -0.15) is 12.2 Å². The van der Waals surface area contributed by atoms with E-state index in [4.69, 9.17) is 0 Å². The van der Waals surface area contributed by atoms with Gasteiger partial charge in [0.1, 0.15) is 0 Å². The van der Waals surface area contributed by atoms with Crippen molar-refractivity contribution in [2.45, 2.75) is 20.3 Å². The summed E-state index contributed by atoms with van der Waals surface area (Å²) in [5.41, 5.74) is 1.27. The van der Waals surface area contributed by atoms with Crippen molar-refractivity contribution in [1.82, 2.24) is 0 Å². The predicted molar refractivity (Wildman–Crippen MR) is 73.7 cm³/mol. The Kier molecular flexibility index (Phi) is 20.1. The molecule has 0 N–H and O–H groups in total. The van der Waals surface area contributed by atoms with E-state index in [1.54, 1.807) is 23.3 Å². The van der Waals surface area contributed by atoms with E-state index >= 15 is 0 Å².